The fourth-order valence-corrected chi connectivity index (χ4v) is 4.00. The first-order chi connectivity index (χ1) is 15.1. The van der Waals surface area contributed by atoms with Gasteiger partial charge in [0.25, 0.3) is 5.91 Å². The number of nitrogens with zero attached hydrogens (tertiary/aromatic N) is 1. The number of hydrogen-bond acceptors (Lipinski definition) is 5. The normalized spacial score (nSPS) is 18.0. The maximum absolute atomic E-state index is 13.1. The van der Waals surface area contributed by atoms with Gasteiger partial charge < -0.3 is 24.4 Å². The van der Waals surface area contributed by atoms with E-state index < -0.39 is 0 Å². The molecule has 7 nitrogen and oxygen atoms in total. The molecule has 1 saturated heterocycles. The van der Waals surface area contributed by atoms with E-state index in [1.807, 2.05) is 36.4 Å². The van der Waals surface area contributed by atoms with Gasteiger partial charge in [0, 0.05) is 56.5 Å². The van der Waals surface area contributed by atoms with Crippen LogP contribution >= 0.6 is 0 Å². The summed E-state index contributed by atoms with van der Waals surface area (Å²) >= 11 is 0. The molecule has 1 N–H and O–H groups in total. The summed E-state index contributed by atoms with van der Waals surface area (Å²) in [4.78, 5) is 27.9. The van der Waals surface area contributed by atoms with Crippen LogP contribution in [0.3, 0.4) is 0 Å². The summed E-state index contributed by atoms with van der Waals surface area (Å²) in [6.45, 7) is 1.90. The average molecular weight is 427 g/mol. The number of likely N-dealkylation sites (tertiary alicyclic amines) is 1. The number of benzene rings is 2. The molecule has 1 aliphatic rings. The van der Waals surface area contributed by atoms with E-state index in [0.29, 0.717) is 43.3 Å². The highest BCUT2D eigenvalue weighted by molar-refractivity contribution is 5.95. The van der Waals surface area contributed by atoms with Crippen molar-refractivity contribution in [2.24, 2.45) is 5.92 Å². The van der Waals surface area contributed by atoms with Gasteiger partial charge in [-0.3, -0.25) is 9.59 Å². The molecule has 0 saturated carbocycles. The highest BCUT2D eigenvalue weighted by atomic mass is 16.5. The van der Waals surface area contributed by atoms with Crippen molar-refractivity contribution in [3.63, 3.8) is 0 Å². The molecule has 3 rings (SSSR count). The van der Waals surface area contributed by atoms with Crippen LogP contribution in [0.4, 0.5) is 0 Å². The Labute approximate surface area is 183 Å². The second-order valence-corrected chi connectivity index (χ2v) is 7.53. The monoisotopic (exact) mass is 426 g/mol. The predicted octanol–water partition coefficient (Wildman–Crippen LogP) is 2.71. The van der Waals surface area contributed by atoms with E-state index in [0.717, 1.165) is 12.0 Å². The van der Waals surface area contributed by atoms with Gasteiger partial charge in [-0.25, -0.2) is 0 Å². The zero-order valence-electron chi connectivity index (χ0n) is 18.3. The van der Waals surface area contributed by atoms with Crippen LogP contribution in [-0.4, -0.2) is 64.3 Å². The number of methoxy groups -OCH3 is 3. The number of hydrogen-bond donors (Lipinski definition) is 1. The van der Waals surface area contributed by atoms with Crippen LogP contribution in [0.1, 0.15) is 28.3 Å². The van der Waals surface area contributed by atoms with Crippen molar-refractivity contribution < 1.29 is 23.8 Å². The molecule has 2 atom stereocenters. The molecule has 0 spiro atoms. The Morgan fingerprint density at radius 1 is 1.03 bits per heavy atom. The van der Waals surface area contributed by atoms with Crippen molar-refractivity contribution in [1.29, 1.82) is 0 Å². The topological polar surface area (TPSA) is 77.1 Å². The van der Waals surface area contributed by atoms with E-state index in [4.69, 9.17) is 14.2 Å². The van der Waals surface area contributed by atoms with Crippen LogP contribution < -0.4 is 14.8 Å². The van der Waals surface area contributed by atoms with Crippen LogP contribution in [0.2, 0.25) is 0 Å². The van der Waals surface area contributed by atoms with E-state index in [-0.39, 0.29) is 23.7 Å². The van der Waals surface area contributed by atoms with E-state index in [9.17, 15) is 9.59 Å². The summed E-state index contributed by atoms with van der Waals surface area (Å²) in [5.74, 6) is 0.621. The molecule has 0 radical (unpaired) electrons. The minimum Gasteiger partial charge on any atom is -0.497 e. The minimum absolute atomic E-state index is 0.0673. The van der Waals surface area contributed by atoms with E-state index in [2.05, 4.69) is 5.32 Å². The van der Waals surface area contributed by atoms with Crippen LogP contribution in [0.5, 0.6) is 11.5 Å². The average Bonchev–Trinajstić information content (AvgIpc) is 3.26. The first-order valence-electron chi connectivity index (χ1n) is 10.4. The number of nitrogens with one attached hydrogen (secondary N) is 1. The van der Waals surface area contributed by atoms with Gasteiger partial charge in [-0.1, -0.05) is 24.3 Å². The highest BCUT2D eigenvalue weighted by Gasteiger charge is 2.41. The van der Waals surface area contributed by atoms with Crippen molar-refractivity contribution in [1.82, 2.24) is 10.2 Å². The van der Waals surface area contributed by atoms with Gasteiger partial charge in [0.05, 0.1) is 20.1 Å². The van der Waals surface area contributed by atoms with Gasteiger partial charge in [0.15, 0.2) is 0 Å². The molecule has 7 heteroatoms. The Bertz CT molecular complexity index is 887. The van der Waals surface area contributed by atoms with Gasteiger partial charge in [-0.2, -0.15) is 0 Å². The standard InChI is InChI=1S/C24H30N2O5/c1-29-13-7-12-25-23(27)21-16-26(24(28)17-8-5-4-6-9-17)15-20(21)19-11-10-18(30-2)14-22(19)31-3/h4-6,8-11,14,20-21H,7,12-13,15-16H2,1-3H3,(H,25,27)/t20-,21-/m0/s1. The Balaban J connectivity index is 1.86. The number of amides is 2. The molecule has 2 aromatic carbocycles. The molecule has 0 unspecified atom stereocenters. The molecule has 2 aromatic rings. The van der Waals surface area contributed by atoms with E-state index in [1.165, 1.54) is 0 Å². The van der Waals surface area contributed by atoms with Gasteiger partial charge in [-0.15, -0.1) is 0 Å². The summed E-state index contributed by atoms with van der Waals surface area (Å²) < 4.78 is 16.0. The number of ether oxygens (including phenoxy) is 3. The Morgan fingerprint density at radius 2 is 1.81 bits per heavy atom. The molecule has 1 aliphatic heterocycles. The van der Waals surface area contributed by atoms with Crippen LogP contribution in [0, 0.1) is 5.92 Å². The lowest BCUT2D eigenvalue weighted by molar-refractivity contribution is -0.124. The lowest BCUT2D eigenvalue weighted by atomic mass is 9.87. The third-order valence-electron chi connectivity index (χ3n) is 5.63. The van der Waals surface area contributed by atoms with Crippen molar-refractivity contribution in [3.8, 4) is 11.5 Å². The van der Waals surface area contributed by atoms with Crippen molar-refractivity contribution in [2.45, 2.75) is 12.3 Å². The highest BCUT2D eigenvalue weighted by Crippen LogP contribution is 2.39. The minimum atomic E-state index is -0.377. The fraction of sp³-hybridized carbons (Fsp3) is 0.417. The van der Waals surface area contributed by atoms with Crippen LogP contribution in [0.15, 0.2) is 48.5 Å². The Morgan fingerprint density at radius 3 is 2.48 bits per heavy atom. The lowest BCUT2D eigenvalue weighted by Crippen LogP contribution is -2.36. The van der Waals surface area contributed by atoms with Crippen LogP contribution in [-0.2, 0) is 9.53 Å². The lowest BCUT2D eigenvalue weighted by Gasteiger charge is -2.21. The van der Waals surface area contributed by atoms with Gasteiger partial charge in [-0.05, 0) is 24.6 Å². The molecule has 1 heterocycles. The van der Waals surface area contributed by atoms with Gasteiger partial charge >= 0.3 is 0 Å². The zero-order valence-corrected chi connectivity index (χ0v) is 18.3. The fourth-order valence-electron chi connectivity index (χ4n) is 4.00. The molecule has 0 aromatic heterocycles. The molecule has 1 fully saturated rings. The van der Waals surface area contributed by atoms with E-state index >= 15 is 0 Å². The second-order valence-electron chi connectivity index (χ2n) is 7.53. The molecular formula is C24H30N2O5. The molecule has 0 aliphatic carbocycles. The third kappa shape index (κ3) is 5.35. The smallest absolute Gasteiger partial charge is 0.253 e. The number of carbonyl (C=O) groups excluding carboxylic acids is 2. The maximum atomic E-state index is 13.1. The second kappa shape index (κ2) is 10.8. The Hall–Kier alpha value is -3.06. The summed E-state index contributed by atoms with van der Waals surface area (Å²) in [6, 6.07) is 14.7. The van der Waals surface area contributed by atoms with Crippen molar-refractivity contribution >= 4 is 11.8 Å². The predicted molar refractivity (Wildman–Crippen MR) is 118 cm³/mol. The van der Waals surface area contributed by atoms with Crippen molar-refractivity contribution in [2.75, 3.05) is 47.6 Å². The third-order valence-corrected chi connectivity index (χ3v) is 5.63. The zero-order chi connectivity index (χ0) is 22.2. The number of rotatable bonds is 9. The van der Waals surface area contributed by atoms with Crippen molar-refractivity contribution in [3.05, 3.63) is 59.7 Å². The summed E-state index contributed by atoms with van der Waals surface area (Å²) in [5, 5.41) is 3.00. The molecule has 0 bridgehead atoms. The maximum Gasteiger partial charge on any atom is 0.253 e. The molecular weight excluding hydrogens is 396 g/mol. The molecule has 2 amide bonds. The first kappa shape index (κ1) is 22.6. The Kier molecular flexibility index (Phi) is 7.89. The summed E-state index contributed by atoms with van der Waals surface area (Å²) in [6.07, 6.45) is 0.734. The quantitative estimate of drug-likeness (QED) is 0.624. The molecule has 166 valence electrons. The van der Waals surface area contributed by atoms with Gasteiger partial charge in [0.2, 0.25) is 5.91 Å². The molecule has 31 heavy (non-hydrogen) atoms. The summed E-state index contributed by atoms with van der Waals surface area (Å²) in [7, 11) is 4.83. The SMILES string of the molecule is COCCCNC(=O)[C@H]1CN(C(=O)c2ccccc2)C[C@H]1c1ccc(OC)cc1OC. The first-order valence-corrected chi connectivity index (χ1v) is 10.4. The number of carbonyl (C=O) groups is 2. The van der Waals surface area contributed by atoms with E-state index in [1.54, 1.807) is 38.4 Å². The van der Waals surface area contributed by atoms with Crippen LogP contribution in [0.25, 0.3) is 0 Å². The van der Waals surface area contributed by atoms with Gasteiger partial charge in [0.1, 0.15) is 11.5 Å². The largest absolute Gasteiger partial charge is 0.497 e. The summed E-state index contributed by atoms with van der Waals surface area (Å²) in [5.41, 5.74) is 1.51.